The maximum absolute atomic E-state index is 13.0. The number of sulfonamides is 2. The van der Waals surface area contributed by atoms with Gasteiger partial charge in [-0.15, -0.1) is 0 Å². The van der Waals surface area contributed by atoms with E-state index in [9.17, 15) is 21.6 Å². The Balaban J connectivity index is 1.75. The third-order valence-corrected chi connectivity index (χ3v) is 7.32. The molecule has 1 amide bonds. The molecule has 0 aromatic heterocycles. The van der Waals surface area contributed by atoms with Crippen molar-refractivity contribution in [3.05, 3.63) is 90.0 Å². The second-order valence-electron chi connectivity index (χ2n) is 7.53. The number of benzene rings is 3. The first-order valence-electron chi connectivity index (χ1n) is 10.00. The van der Waals surface area contributed by atoms with Gasteiger partial charge in [-0.25, -0.2) is 16.8 Å². The number of carbonyl (C=O) groups is 1. The molecule has 10 heteroatoms. The third-order valence-electron chi connectivity index (χ3n) is 4.94. The summed E-state index contributed by atoms with van der Waals surface area (Å²) in [4.78, 5) is 12.8. The maximum atomic E-state index is 13.0. The van der Waals surface area contributed by atoms with Gasteiger partial charge < -0.3 is 5.32 Å². The fraction of sp³-hybridized carbons (Fsp3) is 0.174. The van der Waals surface area contributed by atoms with Crippen LogP contribution in [0.25, 0.3) is 0 Å². The molecule has 1 unspecified atom stereocenters. The largest absolute Gasteiger partial charge is 0.346 e. The molecule has 1 atom stereocenters. The van der Waals surface area contributed by atoms with E-state index in [1.54, 1.807) is 67.6 Å². The lowest BCUT2D eigenvalue weighted by Gasteiger charge is -2.20. The normalized spacial score (nSPS) is 12.6. The molecule has 3 aromatic carbocycles. The quantitative estimate of drug-likeness (QED) is 0.506. The molecule has 33 heavy (non-hydrogen) atoms. The van der Waals surface area contributed by atoms with Gasteiger partial charge in [0.15, 0.2) is 0 Å². The number of nitrogens with zero attached hydrogens (tertiary/aromatic N) is 1. The van der Waals surface area contributed by atoms with E-state index in [0.717, 1.165) is 11.8 Å². The molecule has 0 aliphatic heterocycles. The van der Waals surface area contributed by atoms with Crippen LogP contribution in [0, 0.1) is 0 Å². The minimum atomic E-state index is -3.85. The van der Waals surface area contributed by atoms with Gasteiger partial charge in [-0.1, -0.05) is 36.4 Å². The highest BCUT2D eigenvalue weighted by Gasteiger charge is 2.22. The lowest BCUT2D eigenvalue weighted by molar-refractivity contribution is 0.0939. The summed E-state index contributed by atoms with van der Waals surface area (Å²) in [5.41, 5.74) is 1.89. The van der Waals surface area contributed by atoms with Gasteiger partial charge in [-0.2, -0.15) is 0 Å². The Kier molecular flexibility index (Phi) is 7.09. The molecule has 3 aromatic rings. The van der Waals surface area contributed by atoms with E-state index in [1.165, 1.54) is 29.6 Å². The summed E-state index contributed by atoms with van der Waals surface area (Å²) in [5, 5.41) is 2.83. The molecule has 0 radical (unpaired) electrons. The van der Waals surface area contributed by atoms with Crippen molar-refractivity contribution in [3.63, 3.8) is 0 Å². The Hall–Kier alpha value is -3.37. The summed E-state index contributed by atoms with van der Waals surface area (Å²) in [7, 11) is -5.77. The molecule has 3 rings (SSSR count). The number of anilines is 2. The highest BCUT2D eigenvalue weighted by molar-refractivity contribution is 7.92. The Morgan fingerprint density at radius 3 is 2.12 bits per heavy atom. The zero-order valence-electron chi connectivity index (χ0n) is 18.4. The van der Waals surface area contributed by atoms with Crippen LogP contribution in [0.3, 0.4) is 0 Å². The van der Waals surface area contributed by atoms with Crippen molar-refractivity contribution in [1.82, 2.24) is 5.32 Å². The van der Waals surface area contributed by atoms with Gasteiger partial charge in [-0.05, 0) is 55.0 Å². The highest BCUT2D eigenvalue weighted by Crippen LogP contribution is 2.23. The molecule has 0 bridgehead atoms. The van der Waals surface area contributed by atoms with E-state index < -0.39 is 32.0 Å². The van der Waals surface area contributed by atoms with Gasteiger partial charge in [0.25, 0.3) is 15.9 Å². The number of carbonyl (C=O) groups excluding carboxylic acids is 1. The summed E-state index contributed by atoms with van der Waals surface area (Å²) < 4.78 is 52.3. The standard InChI is InChI=1S/C23H25N3O5S2/c1-17(18-12-14-20(15-13-18)25-32(3,28)29)24-23(27)19-8-7-11-22(16-19)33(30,31)26(2)21-9-5-4-6-10-21/h4-17,25H,1-3H3,(H,24,27). The summed E-state index contributed by atoms with van der Waals surface area (Å²) in [5.74, 6) is -0.430. The summed E-state index contributed by atoms with van der Waals surface area (Å²) >= 11 is 0. The van der Waals surface area contributed by atoms with Crippen LogP contribution in [0.4, 0.5) is 11.4 Å². The van der Waals surface area contributed by atoms with Crippen LogP contribution < -0.4 is 14.3 Å². The van der Waals surface area contributed by atoms with Crippen molar-refractivity contribution in [3.8, 4) is 0 Å². The topological polar surface area (TPSA) is 113 Å². The molecule has 0 spiro atoms. The number of hydrogen-bond donors (Lipinski definition) is 2. The second kappa shape index (κ2) is 9.63. The zero-order chi connectivity index (χ0) is 24.2. The van der Waals surface area contributed by atoms with E-state index in [2.05, 4.69) is 10.0 Å². The van der Waals surface area contributed by atoms with Crippen LogP contribution in [-0.4, -0.2) is 36.0 Å². The predicted molar refractivity (Wildman–Crippen MR) is 129 cm³/mol. The highest BCUT2D eigenvalue weighted by atomic mass is 32.2. The van der Waals surface area contributed by atoms with Crippen molar-refractivity contribution in [2.75, 3.05) is 22.3 Å². The van der Waals surface area contributed by atoms with Crippen molar-refractivity contribution >= 4 is 37.3 Å². The summed E-state index contributed by atoms with van der Waals surface area (Å²) in [6, 6.07) is 20.7. The van der Waals surface area contributed by atoms with Crippen LogP contribution in [0.1, 0.15) is 28.9 Å². The van der Waals surface area contributed by atoms with E-state index >= 15 is 0 Å². The molecule has 0 aliphatic carbocycles. The summed E-state index contributed by atoms with van der Waals surface area (Å²) in [6.07, 6.45) is 1.07. The van der Waals surface area contributed by atoms with Gasteiger partial charge in [0.1, 0.15) is 0 Å². The van der Waals surface area contributed by atoms with Crippen molar-refractivity contribution in [2.24, 2.45) is 0 Å². The number of nitrogens with one attached hydrogen (secondary N) is 2. The molecular formula is C23H25N3O5S2. The molecule has 0 fully saturated rings. The fourth-order valence-electron chi connectivity index (χ4n) is 3.15. The van der Waals surface area contributed by atoms with Crippen LogP contribution in [-0.2, 0) is 20.0 Å². The zero-order valence-corrected chi connectivity index (χ0v) is 20.0. The van der Waals surface area contributed by atoms with Crippen LogP contribution in [0.15, 0.2) is 83.8 Å². The molecule has 0 saturated carbocycles. The second-order valence-corrected chi connectivity index (χ2v) is 11.2. The van der Waals surface area contributed by atoms with E-state index in [0.29, 0.717) is 11.4 Å². The lowest BCUT2D eigenvalue weighted by atomic mass is 10.1. The van der Waals surface area contributed by atoms with Crippen LogP contribution in [0.5, 0.6) is 0 Å². The molecule has 8 nitrogen and oxygen atoms in total. The predicted octanol–water partition coefficient (Wildman–Crippen LogP) is 3.37. The smallest absolute Gasteiger partial charge is 0.264 e. The van der Waals surface area contributed by atoms with Gasteiger partial charge >= 0.3 is 0 Å². The average Bonchev–Trinajstić information content (AvgIpc) is 2.78. The molecular weight excluding hydrogens is 462 g/mol. The van der Waals surface area contributed by atoms with Crippen LogP contribution >= 0.6 is 0 Å². The van der Waals surface area contributed by atoms with Gasteiger partial charge in [-0.3, -0.25) is 13.8 Å². The maximum Gasteiger partial charge on any atom is 0.264 e. The molecule has 0 saturated heterocycles. The minimum absolute atomic E-state index is 0.00496. The minimum Gasteiger partial charge on any atom is -0.346 e. The fourth-order valence-corrected chi connectivity index (χ4v) is 4.96. The summed E-state index contributed by atoms with van der Waals surface area (Å²) in [6.45, 7) is 1.78. The van der Waals surface area contributed by atoms with Crippen molar-refractivity contribution in [2.45, 2.75) is 17.9 Å². The molecule has 174 valence electrons. The SMILES string of the molecule is CC(NC(=O)c1cccc(S(=O)(=O)N(C)c2ccccc2)c1)c1ccc(NS(C)(=O)=O)cc1. The van der Waals surface area contributed by atoms with Crippen molar-refractivity contribution < 1.29 is 21.6 Å². The Bertz CT molecular complexity index is 1340. The van der Waals surface area contributed by atoms with Crippen molar-refractivity contribution in [1.29, 1.82) is 0 Å². The third kappa shape index (κ3) is 6.11. The van der Waals surface area contributed by atoms with Gasteiger partial charge in [0.2, 0.25) is 10.0 Å². The first kappa shape index (κ1) is 24.3. The van der Waals surface area contributed by atoms with Gasteiger partial charge in [0, 0.05) is 18.3 Å². The van der Waals surface area contributed by atoms with E-state index in [1.807, 2.05) is 0 Å². The number of rotatable bonds is 8. The Labute approximate surface area is 194 Å². The van der Waals surface area contributed by atoms with E-state index in [4.69, 9.17) is 0 Å². The number of para-hydroxylation sites is 1. The van der Waals surface area contributed by atoms with Gasteiger partial charge in [0.05, 0.1) is 22.9 Å². The first-order valence-corrected chi connectivity index (χ1v) is 13.3. The Morgan fingerprint density at radius 2 is 1.52 bits per heavy atom. The average molecular weight is 488 g/mol. The molecule has 0 heterocycles. The number of hydrogen-bond acceptors (Lipinski definition) is 5. The van der Waals surface area contributed by atoms with Crippen LogP contribution in [0.2, 0.25) is 0 Å². The molecule has 2 N–H and O–H groups in total. The lowest BCUT2D eigenvalue weighted by Crippen LogP contribution is -2.28. The van der Waals surface area contributed by atoms with E-state index in [-0.39, 0.29) is 10.5 Å². The Morgan fingerprint density at radius 1 is 0.879 bits per heavy atom. The monoisotopic (exact) mass is 487 g/mol. The molecule has 0 aliphatic rings. The number of amides is 1. The first-order chi connectivity index (χ1) is 15.5.